The number of nitrogens with zero attached hydrogens (tertiary/aromatic N) is 1. The molecule has 2 aromatic rings. The predicted octanol–water partition coefficient (Wildman–Crippen LogP) is 3.60. The Hall–Kier alpha value is -3.28. The van der Waals surface area contributed by atoms with Crippen LogP contribution in [-0.4, -0.2) is 17.8 Å². The maximum absolute atomic E-state index is 13.9. The van der Waals surface area contributed by atoms with E-state index in [1.54, 1.807) is 24.3 Å². The second-order valence-corrected chi connectivity index (χ2v) is 8.53. The molecule has 0 aromatic heterocycles. The number of hydrogen-bond donors (Lipinski definition) is 0. The number of esters is 1. The fourth-order valence-electron chi connectivity index (χ4n) is 5.69. The van der Waals surface area contributed by atoms with Crippen LogP contribution in [0.2, 0.25) is 0 Å². The molecular formula is C24H18FNO4. The summed E-state index contributed by atoms with van der Waals surface area (Å²) < 4.78 is 19.2. The summed E-state index contributed by atoms with van der Waals surface area (Å²) in [4.78, 5) is 40.0. The topological polar surface area (TPSA) is 63.7 Å². The van der Waals surface area contributed by atoms with Crippen LogP contribution in [0.4, 0.5) is 10.1 Å². The van der Waals surface area contributed by atoms with Crippen molar-refractivity contribution in [2.75, 3.05) is 4.90 Å². The molecule has 6 atom stereocenters. The molecule has 1 aliphatic heterocycles. The zero-order valence-corrected chi connectivity index (χ0v) is 15.9. The number of anilines is 1. The molecule has 7 rings (SSSR count). The Kier molecular flexibility index (Phi) is 3.58. The number of allylic oxidation sites excluding steroid dienone is 2. The van der Waals surface area contributed by atoms with Gasteiger partial charge in [0.05, 0.1) is 23.1 Å². The molecule has 30 heavy (non-hydrogen) atoms. The Morgan fingerprint density at radius 1 is 0.933 bits per heavy atom. The van der Waals surface area contributed by atoms with Crippen molar-refractivity contribution in [3.05, 3.63) is 72.1 Å². The number of amides is 2. The minimum absolute atomic E-state index is 0.147. The summed E-state index contributed by atoms with van der Waals surface area (Å²) in [5.74, 6) is -0.921. The van der Waals surface area contributed by atoms with Gasteiger partial charge in [0.2, 0.25) is 11.8 Å². The number of ether oxygens (including phenoxy) is 1. The summed E-state index contributed by atoms with van der Waals surface area (Å²) in [6.07, 6.45) is 5.36. The van der Waals surface area contributed by atoms with E-state index in [9.17, 15) is 18.8 Å². The molecule has 0 unspecified atom stereocenters. The van der Waals surface area contributed by atoms with E-state index in [1.165, 1.54) is 29.2 Å². The molecule has 0 radical (unpaired) electrons. The molecule has 2 bridgehead atoms. The lowest BCUT2D eigenvalue weighted by molar-refractivity contribution is -0.124. The zero-order chi connectivity index (χ0) is 20.6. The first-order valence-electron chi connectivity index (χ1n) is 10.2. The van der Waals surface area contributed by atoms with Crippen LogP contribution in [0.15, 0.2) is 60.7 Å². The highest BCUT2D eigenvalue weighted by molar-refractivity contribution is 6.22. The Bertz CT molecular complexity index is 1110. The van der Waals surface area contributed by atoms with E-state index in [0.29, 0.717) is 17.5 Å². The highest BCUT2D eigenvalue weighted by Crippen LogP contribution is 2.65. The van der Waals surface area contributed by atoms with E-state index in [4.69, 9.17) is 4.74 Å². The van der Waals surface area contributed by atoms with Gasteiger partial charge in [0, 0.05) is 6.07 Å². The summed E-state index contributed by atoms with van der Waals surface area (Å²) in [5.41, 5.74) is 0.204. The summed E-state index contributed by atoms with van der Waals surface area (Å²) in [6, 6.07) is 11.9. The van der Waals surface area contributed by atoms with Gasteiger partial charge in [0.25, 0.3) is 0 Å². The van der Waals surface area contributed by atoms with Crippen molar-refractivity contribution in [2.24, 2.45) is 35.5 Å². The van der Waals surface area contributed by atoms with Gasteiger partial charge < -0.3 is 4.74 Å². The van der Waals surface area contributed by atoms with E-state index >= 15 is 0 Å². The number of carbonyl (C=O) groups is 3. The molecular weight excluding hydrogens is 385 g/mol. The van der Waals surface area contributed by atoms with E-state index in [-0.39, 0.29) is 46.8 Å². The van der Waals surface area contributed by atoms with E-state index < -0.39 is 11.8 Å². The molecule has 150 valence electrons. The Morgan fingerprint density at radius 2 is 1.60 bits per heavy atom. The van der Waals surface area contributed by atoms with Crippen LogP contribution in [0.3, 0.4) is 0 Å². The van der Waals surface area contributed by atoms with Gasteiger partial charge in [-0.3, -0.25) is 9.59 Å². The largest absolute Gasteiger partial charge is 0.423 e. The van der Waals surface area contributed by atoms with Gasteiger partial charge >= 0.3 is 5.97 Å². The zero-order valence-electron chi connectivity index (χ0n) is 15.9. The molecule has 6 heteroatoms. The van der Waals surface area contributed by atoms with E-state index in [0.717, 1.165) is 6.42 Å². The van der Waals surface area contributed by atoms with Crippen LogP contribution in [0.5, 0.6) is 5.75 Å². The van der Waals surface area contributed by atoms with Crippen molar-refractivity contribution in [3.63, 3.8) is 0 Å². The lowest BCUT2D eigenvalue weighted by Gasteiger charge is -2.37. The van der Waals surface area contributed by atoms with Crippen molar-refractivity contribution >= 4 is 23.5 Å². The standard InChI is InChI=1S/C24H18FNO4/c25-19-7-2-1-6-16(19)24(29)30-13-5-3-4-12(10-13)26-22(27)20-14-8-9-15(18-11-17(14)18)21(20)23(26)28/h1-10,14-15,17-18,20-21H,11H2/t14-,15-,17-,18-,20-,21+/m1/s1. The van der Waals surface area contributed by atoms with E-state index in [2.05, 4.69) is 12.2 Å². The second-order valence-electron chi connectivity index (χ2n) is 8.53. The Labute approximate surface area is 172 Å². The summed E-state index contributed by atoms with van der Waals surface area (Å²) in [6.45, 7) is 0. The maximum Gasteiger partial charge on any atom is 0.346 e. The normalized spacial score (nSPS) is 32.8. The van der Waals surface area contributed by atoms with Gasteiger partial charge in [0.1, 0.15) is 11.6 Å². The maximum atomic E-state index is 13.9. The molecule has 2 aromatic carbocycles. The SMILES string of the molecule is O=C(Oc1cccc(N2C(=O)[C@@H]3[C@@H]4C=C[C@H]([C@H]5C[C@H]45)[C@@H]3C2=O)c1)c1ccccc1F. The van der Waals surface area contributed by atoms with Crippen molar-refractivity contribution < 1.29 is 23.5 Å². The Balaban J connectivity index is 1.29. The summed E-state index contributed by atoms with van der Waals surface area (Å²) >= 11 is 0. The highest BCUT2D eigenvalue weighted by Gasteiger charge is 2.67. The smallest absolute Gasteiger partial charge is 0.346 e. The monoisotopic (exact) mass is 403 g/mol. The molecule has 5 nitrogen and oxygen atoms in total. The molecule has 1 saturated heterocycles. The summed E-state index contributed by atoms with van der Waals surface area (Å²) in [7, 11) is 0. The molecule has 4 aliphatic carbocycles. The van der Waals surface area contributed by atoms with Gasteiger partial charge in [-0.05, 0) is 54.4 Å². The first-order valence-corrected chi connectivity index (χ1v) is 10.2. The molecule has 3 fully saturated rings. The number of rotatable bonds is 3. The summed E-state index contributed by atoms with van der Waals surface area (Å²) in [5, 5.41) is 0. The fraction of sp³-hybridized carbons (Fsp3) is 0.292. The molecule has 2 amide bonds. The third-order valence-corrected chi connectivity index (χ3v) is 7.04. The van der Waals surface area contributed by atoms with Crippen LogP contribution < -0.4 is 9.64 Å². The predicted molar refractivity (Wildman–Crippen MR) is 105 cm³/mol. The molecule has 0 spiro atoms. The minimum atomic E-state index is -0.833. The van der Waals surface area contributed by atoms with Crippen molar-refractivity contribution in [3.8, 4) is 5.75 Å². The van der Waals surface area contributed by atoms with Crippen molar-refractivity contribution in [1.82, 2.24) is 0 Å². The molecule has 1 heterocycles. The number of hydrogen-bond acceptors (Lipinski definition) is 4. The van der Waals surface area contributed by atoms with Crippen LogP contribution in [0.25, 0.3) is 0 Å². The van der Waals surface area contributed by atoms with Crippen molar-refractivity contribution in [2.45, 2.75) is 6.42 Å². The minimum Gasteiger partial charge on any atom is -0.423 e. The van der Waals surface area contributed by atoms with Crippen LogP contribution >= 0.6 is 0 Å². The third kappa shape index (κ3) is 2.36. The molecule has 0 N–H and O–H groups in total. The van der Waals surface area contributed by atoms with Gasteiger partial charge in [-0.1, -0.05) is 30.4 Å². The van der Waals surface area contributed by atoms with Crippen molar-refractivity contribution in [1.29, 1.82) is 0 Å². The van der Waals surface area contributed by atoms with Gasteiger partial charge in [0.15, 0.2) is 0 Å². The number of benzene rings is 2. The third-order valence-electron chi connectivity index (χ3n) is 7.04. The quantitative estimate of drug-likeness (QED) is 0.340. The van der Waals surface area contributed by atoms with Crippen LogP contribution in [0, 0.1) is 41.3 Å². The number of carbonyl (C=O) groups excluding carboxylic acids is 3. The lowest BCUT2D eigenvalue weighted by atomic mass is 9.63. The fourth-order valence-corrected chi connectivity index (χ4v) is 5.69. The lowest BCUT2D eigenvalue weighted by Crippen LogP contribution is -2.40. The van der Waals surface area contributed by atoms with Crippen LogP contribution in [0.1, 0.15) is 16.8 Å². The molecule has 2 saturated carbocycles. The van der Waals surface area contributed by atoms with Gasteiger partial charge in [-0.15, -0.1) is 0 Å². The van der Waals surface area contributed by atoms with E-state index in [1.807, 2.05) is 0 Å². The number of halogens is 1. The molecule has 5 aliphatic rings. The average Bonchev–Trinajstić information content (AvgIpc) is 3.52. The average molecular weight is 403 g/mol. The van der Waals surface area contributed by atoms with Crippen LogP contribution in [-0.2, 0) is 9.59 Å². The highest BCUT2D eigenvalue weighted by atomic mass is 19.1. The number of imide groups is 1. The first-order chi connectivity index (χ1) is 14.5. The van der Waals surface area contributed by atoms with Gasteiger partial charge in [-0.2, -0.15) is 0 Å². The Morgan fingerprint density at radius 3 is 2.27 bits per heavy atom. The van der Waals surface area contributed by atoms with Gasteiger partial charge in [-0.25, -0.2) is 14.1 Å². The second kappa shape index (κ2) is 6.11. The first kappa shape index (κ1) is 17.6.